The van der Waals surface area contributed by atoms with Crippen LogP contribution in [0.5, 0.6) is 5.75 Å². The van der Waals surface area contributed by atoms with Crippen molar-refractivity contribution < 1.29 is 23.4 Å². The van der Waals surface area contributed by atoms with Crippen LogP contribution in [0.15, 0.2) is 29.3 Å². The third kappa shape index (κ3) is 5.69. The summed E-state index contributed by atoms with van der Waals surface area (Å²) < 4.78 is 33.7. The van der Waals surface area contributed by atoms with E-state index < -0.39 is 23.4 Å². The Labute approximate surface area is 155 Å². The zero-order chi connectivity index (χ0) is 19.3. The monoisotopic (exact) mass is 381 g/mol. The van der Waals surface area contributed by atoms with Gasteiger partial charge in [-0.05, 0) is 37.1 Å². The van der Waals surface area contributed by atoms with Gasteiger partial charge >= 0.3 is 5.97 Å². The molecule has 0 aliphatic rings. The molecule has 4 nitrogen and oxygen atoms in total. The number of hydrogen-bond acceptors (Lipinski definition) is 4. The molecule has 0 bridgehead atoms. The first-order valence-electron chi connectivity index (χ1n) is 8.22. The van der Waals surface area contributed by atoms with Gasteiger partial charge in [0.1, 0.15) is 11.6 Å². The molecule has 0 fully saturated rings. The Kier molecular flexibility index (Phi) is 6.97. The number of carboxylic acid groups (broad SMARTS) is 1. The van der Waals surface area contributed by atoms with E-state index in [-0.39, 0.29) is 25.0 Å². The first kappa shape index (κ1) is 20.2. The molecule has 0 spiro atoms. The minimum absolute atomic E-state index is 0.00928. The third-order valence-electron chi connectivity index (χ3n) is 3.48. The van der Waals surface area contributed by atoms with Crippen molar-refractivity contribution in [3.63, 3.8) is 0 Å². The molecule has 2 aromatic rings. The van der Waals surface area contributed by atoms with Crippen LogP contribution in [0.3, 0.4) is 0 Å². The molecule has 0 unspecified atom stereocenters. The fourth-order valence-electron chi connectivity index (χ4n) is 2.29. The smallest absolute Gasteiger partial charge is 0.303 e. The van der Waals surface area contributed by atoms with Crippen molar-refractivity contribution in [1.29, 1.82) is 0 Å². The van der Waals surface area contributed by atoms with Crippen LogP contribution in [0.25, 0.3) is 0 Å². The number of thioether (sulfide) groups is 1. The van der Waals surface area contributed by atoms with Crippen LogP contribution < -0.4 is 4.74 Å². The molecule has 140 valence electrons. The van der Waals surface area contributed by atoms with Crippen LogP contribution >= 0.6 is 11.8 Å². The second kappa shape index (κ2) is 8.98. The lowest BCUT2D eigenvalue weighted by Crippen LogP contribution is -2.05. The summed E-state index contributed by atoms with van der Waals surface area (Å²) in [7, 11) is 0. The fraction of sp³-hybridized carbons (Fsp3) is 0.368. The van der Waals surface area contributed by atoms with Crippen LogP contribution in [0, 0.1) is 18.6 Å². The van der Waals surface area contributed by atoms with E-state index in [1.54, 1.807) is 11.8 Å². The van der Waals surface area contributed by atoms with Crippen molar-refractivity contribution in [1.82, 2.24) is 4.98 Å². The van der Waals surface area contributed by atoms with Gasteiger partial charge in [-0.3, -0.25) is 4.79 Å². The second-order valence-electron chi connectivity index (χ2n) is 6.15. The molecule has 0 atom stereocenters. The molecule has 0 aliphatic carbocycles. The molecule has 0 saturated heterocycles. The number of nitrogens with zero attached hydrogens (tertiary/aromatic N) is 1. The number of benzene rings is 1. The number of aliphatic carboxylic acids is 1. The van der Waals surface area contributed by atoms with Crippen LogP contribution in [0.4, 0.5) is 8.78 Å². The summed E-state index contributed by atoms with van der Waals surface area (Å²) >= 11 is 1.56. The average molecular weight is 381 g/mol. The third-order valence-corrected chi connectivity index (χ3v) is 4.53. The number of aromatic nitrogens is 1. The molecule has 1 heterocycles. The molecule has 7 heteroatoms. The van der Waals surface area contributed by atoms with Crippen LogP contribution in [0.1, 0.15) is 37.1 Å². The number of ether oxygens (including phenoxy) is 1. The Balaban J connectivity index is 2.16. The number of rotatable bonds is 8. The van der Waals surface area contributed by atoms with Gasteiger partial charge in [0.25, 0.3) is 0 Å². The van der Waals surface area contributed by atoms with E-state index in [0.29, 0.717) is 5.25 Å². The zero-order valence-electron chi connectivity index (χ0n) is 14.9. The second-order valence-corrected chi connectivity index (χ2v) is 7.72. The maximum Gasteiger partial charge on any atom is 0.303 e. The van der Waals surface area contributed by atoms with E-state index >= 15 is 0 Å². The molecule has 0 aliphatic heterocycles. The molecule has 0 saturated carbocycles. The van der Waals surface area contributed by atoms with Gasteiger partial charge in [0, 0.05) is 22.9 Å². The summed E-state index contributed by atoms with van der Waals surface area (Å²) in [6.45, 7) is 5.94. The van der Waals surface area contributed by atoms with Crippen molar-refractivity contribution in [3.05, 3.63) is 52.7 Å². The lowest BCUT2D eigenvalue weighted by molar-refractivity contribution is -0.136. The molecule has 1 aromatic carbocycles. The van der Waals surface area contributed by atoms with Gasteiger partial charge in [-0.2, -0.15) is 0 Å². The summed E-state index contributed by atoms with van der Waals surface area (Å²) in [5.41, 5.74) is 1.89. The molecule has 0 amide bonds. The van der Waals surface area contributed by atoms with Gasteiger partial charge in [-0.15, -0.1) is 11.8 Å². The van der Waals surface area contributed by atoms with Crippen LogP contribution in [-0.4, -0.2) is 21.3 Å². The van der Waals surface area contributed by atoms with E-state index in [4.69, 9.17) is 9.84 Å². The number of aryl methyl sites for hydroxylation is 2. The summed E-state index contributed by atoms with van der Waals surface area (Å²) in [5.74, 6) is -3.18. The molecular weight excluding hydrogens is 360 g/mol. The van der Waals surface area contributed by atoms with Gasteiger partial charge in [-0.1, -0.05) is 19.9 Å². The standard InChI is InChI=1S/C19H21F2NO3S/c1-11(2)26-19-14(6-4-12(3)22-19)10-25-18-15(20)8-13(9-16(18)21)5-7-17(23)24/h4,6,8-9,11H,5,7,10H2,1-3H3,(H,23,24). The normalized spacial score (nSPS) is 11.0. The van der Waals surface area contributed by atoms with Crippen molar-refractivity contribution in [2.75, 3.05) is 0 Å². The SMILES string of the molecule is Cc1ccc(COc2c(F)cc(CCC(=O)O)cc2F)c(SC(C)C)n1. The quantitative estimate of drug-likeness (QED) is 0.668. The average Bonchev–Trinajstić information content (AvgIpc) is 2.53. The van der Waals surface area contributed by atoms with E-state index in [1.165, 1.54) is 0 Å². The van der Waals surface area contributed by atoms with Gasteiger partial charge in [0.2, 0.25) is 0 Å². The summed E-state index contributed by atoms with van der Waals surface area (Å²) in [6.07, 6.45) is -0.135. The highest BCUT2D eigenvalue weighted by atomic mass is 32.2. The first-order chi connectivity index (χ1) is 12.3. The number of carbonyl (C=O) groups is 1. The van der Waals surface area contributed by atoms with E-state index in [0.717, 1.165) is 28.4 Å². The van der Waals surface area contributed by atoms with E-state index in [9.17, 15) is 13.6 Å². The van der Waals surface area contributed by atoms with Crippen molar-refractivity contribution in [2.45, 2.75) is 50.5 Å². The highest BCUT2D eigenvalue weighted by Gasteiger charge is 2.15. The summed E-state index contributed by atoms with van der Waals surface area (Å²) in [5, 5.41) is 9.75. The lowest BCUT2D eigenvalue weighted by atomic mass is 10.1. The Morgan fingerprint density at radius 3 is 2.50 bits per heavy atom. The van der Waals surface area contributed by atoms with Crippen molar-refractivity contribution >= 4 is 17.7 Å². The molecule has 26 heavy (non-hydrogen) atoms. The lowest BCUT2D eigenvalue weighted by Gasteiger charge is -2.14. The minimum atomic E-state index is -1.02. The van der Waals surface area contributed by atoms with Crippen LogP contribution in [-0.2, 0) is 17.8 Å². The molecule has 1 aromatic heterocycles. The maximum absolute atomic E-state index is 14.2. The fourth-order valence-corrected chi connectivity index (χ4v) is 3.21. The Bertz CT molecular complexity index is 773. The number of carboxylic acids is 1. The Hall–Kier alpha value is -2.15. The number of pyridine rings is 1. The van der Waals surface area contributed by atoms with Crippen molar-refractivity contribution in [3.8, 4) is 5.75 Å². The highest BCUT2D eigenvalue weighted by Crippen LogP contribution is 2.28. The minimum Gasteiger partial charge on any atom is -0.483 e. The van der Waals surface area contributed by atoms with Gasteiger partial charge in [0.05, 0.1) is 0 Å². The predicted octanol–water partition coefficient (Wildman–Crippen LogP) is 4.76. The number of hydrogen-bond donors (Lipinski definition) is 1. The van der Waals surface area contributed by atoms with Gasteiger partial charge in [0.15, 0.2) is 17.4 Å². The largest absolute Gasteiger partial charge is 0.483 e. The van der Waals surface area contributed by atoms with Crippen LogP contribution in [0.2, 0.25) is 0 Å². The Morgan fingerprint density at radius 2 is 1.92 bits per heavy atom. The molecule has 1 N–H and O–H groups in total. The molecule has 0 radical (unpaired) electrons. The maximum atomic E-state index is 14.2. The summed E-state index contributed by atoms with van der Waals surface area (Å²) in [6, 6.07) is 5.88. The molecular formula is C19H21F2NO3S. The zero-order valence-corrected chi connectivity index (χ0v) is 15.7. The van der Waals surface area contributed by atoms with E-state index in [1.807, 2.05) is 32.9 Å². The topological polar surface area (TPSA) is 59.4 Å². The molecule has 2 rings (SSSR count). The van der Waals surface area contributed by atoms with Crippen molar-refractivity contribution in [2.24, 2.45) is 0 Å². The predicted molar refractivity (Wildman–Crippen MR) is 96.6 cm³/mol. The summed E-state index contributed by atoms with van der Waals surface area (Å²) in [4.78, 5) is 15.0. The van der Waals surface area contributed by atoms with Gasteiger partial charge < -0.3 is 9.84 Å². The Morgan fingerprint density at radius 1 is 1.27 bits per heavy atom. The van der Waals surface area contributed by atoms with E-state index in [2.05, 4.69) is 4.98 Å². The number of halogens is 2. The first-order valence-corrected chi connectivity index (χ1v) is 9.10. The van der Waals surface area contributed by atoms with Gasteiger partial charge in [-0.25, -0.2) is 13.8 Å². The highest BCUT2D eigenvalue weighted by molar-refractivity contribution is 7.99.